The van der Waals surface area contributed by atoms with E-state index in [1.54, 1.807) is 37.4 Å². The smallest absolute Gasteiger partial charge is 0.251 e. The summed E-state index contributed by atoms with van der Waals surface area (Å²) in [6, 6.07) is 14.2. The number of aromatic nitrogens is 1. The van der Waals surface area contributed by atoms with Crippen LogP contribution in [0.2, 0.25) is 10.0 Å². The van der Waals surface area contributed by atoms with E-state index in [4.69, 9.17) is 33.7 Å². The van der Waals surface area contributed by atoms with Gasteiger partial charge in [-0.05, 0) is 53.6 Å². The van der Waals surface area contributed by atoms with Crippen LogP contribution in [0, 0.1) is 0 Å². The number of rotatable bonds is 6. The molecule has 31 heavy (non-hydrogen) atoms. The SMILES string of the molecule is COCCNC(=O)c1ccc2[nH]c3c(C(N)=O)cc(-c4ccc(Cl)c(Cl)c4)cc3c2c1. The number of halogens is 2. The monoisotopic (exact) mass is 455 g/mol. The van der Waals surface area contributed by atoms with Gasteiger partial charge in [0.05, 0.1) is 27.7 Å². The van der Waals surface area contributed by atoms with Gasteiger partial charge in [0.15, 0.2) is 0 Å². The molecule has 0 spiro atoms. The molecule has 0 atom stereocenters. The third-order valence-corrected chi connectivity index (χ3v) is 5.82. The molecule has 0 fully saturated rings. The molecular weight excluding hydrogens is 437 g/mol. The van der Waals surface area contributed by atoms with Gasteiger partial charge in [0, 0.05) is 35.5 Å². The number of hydrogen-bond acceptors (Lipinski definition) is 3. The minimum Gasteiger partial charge on any atom is -0.383 e. The topological polar surface area (TPSA) is 97.2 Å². The van der Waals surface area contributed by atoms with E-state index >= 15 is 0 Å². The van der Waals surface area contributed by atoms with Gasteiger partial charge in [-0.15, -0.1) is 0 Å². The Bertz CT molecular complexity index is 1330. The minimum absolute atomic E-state index is 0.205. The molecular formula is C23H19Cl2N3O3. The zero-order chi connectivity index (χ0) is 22.1. The first-order chi connectivity index (χ1) is 14.9. The number of nitrogens with two attached hydrogens (primary N) is 1. The molecule has 0 radical (unpaired) electrons. The average molecular weight is 456 g/mol. The van der Waals surface area contributed by atoms with Crippen LogP contribution in [0.3, 0.4) is 0 Å². The third-order valence-electron chi connectivity index (χ3n) is 5.08. The van der Waals surface area contributed by atoms with Crippen molar-refractivity contribution in [1.29, 1.82) is 0 Å². The van der Waals surface area contributed by atoms with Gasteiger partial charge in [0.2, 0.25) is 0 Å². The highest BCUT2D eigenvalue weighted by Crippen LogP contribution is 2.35. The molecule has 1 heterocycles. The van der Waals surface area contributed by atoms with Gasteiger partial charge >= 0.3 is 0 Å². The second kappa shape index (κ2) is 8.59. The Hall–Kier alpha value is -3.06. The van der Waals surface area contributed by atoms with Gasteiger partial charge in [-0.2, -0.15) is 0 Å². The lowest BCUT2D eigenvalue weighted by Gasteiger charge is -2.08. The van der Waals surface area contributed by atoms with Gasteiger partial charge in [-0.3, -0.25) is 9.59 Å². The fourth-order valence-corrected chi connectivity index (χ4v) is 3.84. The Morgan fingerprint density at radius 3 is 2.52 bits per heavy atom. The summed E-state index contributed by atoms with van der Waals surface area (Å²) in [6.45, 7) is 0.838. The van der Waals surface area contributed by atoms with E-state index < -0.39 is 5.91 Å². The predicted octanol–water partition coefficient (Wildman–Crippen LogP) is 4.77. The number of H-pyrrole nitrogens is 1. The van der Waals surface area contributed by atoms with Gasteiger partial charge in [-0.1, -0.05) is 29.3 Å². The zero-order valence-corrected chi connectivity index (χ0v) is 18.1. The molecule has 3 aromatic carbocycles. The number of carbonyl (C=O) groups is 2. The van der Waals surface area contributed by atoms with Crippen molar-refractivity contribution in [2.24, 2.45) is 5.73 Å². The van der Waals surface area contributed by atoms with E-state index in [-0.39, 0.29) is 5.91 Å². The summed E-state index contributed by atoms with van der Waals surface area (Å²) in [5.74, 6) is -0.764. The number of ether oxygens (including phenoxy) is 1. The van der Waals surface area contributed by atoms with Gasteiger partial charge in [0.25, 0.3) is 11.8 Å². The number of amides is 2. The van der Waals surface area contributed by atoms with Crippen molar-refractivity contribution in [3.63, 3.8) is 0 Å². The van der Waals surface area contributed by atoms with Crippen molar-refractivity contribution in [2.45, 2.75) is 0 Å². The summed E-state index contributed by atoms with van der Waals surface area (Å²) in [5.41, 5.74) is 9.48. The highest BCUT2D eigenvalue weighted by Gasteiger charge is 2.16. The Labute approximate surface area is 188 Å². The molecule has 4 aromatic rings. The van der Waals surface area contributed by atoms with Gasteiger partial charge in [0.1, 0.15) is 0 Å². The standard InChI is InChI=1S/C23H19Cl2N3O3/c1-31-7-6-27-23(30)13-3-5-20-15(8-13)16-9-14(10-17(22(26)29)21(16)28-20)12-2-4-18(24)19(25)11-12/h2-5,8-11,28H,6-7H2,1H3,(H2,26,29)(H,27,30). The molecule has 4 rings (SSSR count). The minimum atomic E-state index is -0.559. The highest BCUT2D eigenvalue weighted by atomic mass is 35.5. The quantitative estimate of drug-likeness (QED) is 0.365. The second-order valence-corrected chi connectivity index (χ2v) is 7.89. The zero-order valence-electron chi connectivity index (χ0n) is 16.6. The van der Waals surface area contributed by atoms with Crippen LogP contribution in [0.1, 0.15) is 20.7 Å². The number of nitrogens with one attached hydrogen (secondary N) is 2. The Balaban J connectivity index is 1.89. The number of methoxy groups -OCH3 is 1. The molecule has 4 N–H and O–H groups in total. The normalized spacial score (nSPS) is 11.2. The van der Waals surface area contributed by atoms with Gasteiger partial charge < -0.3 is 20.8 Å². The van der Waals surface area contributed by atoms with Crippen LogP contribution in [0.15, 0.2) is 48.5 Å². The molecule has 0 aliphatic heterocycles. The Morgan fingerprint density at radius 1 is 1.00 bits per heavy atom. The summed E-state index contributed by atoms with van der Waals surface area (Å²) < 4.78 is 4.97. The van der Waals surface area contributed by atoms with Crippen LogP contribution < -0.4 is 11.1 Å². The van der Waals surface area contributed by atoms with E-state index in [2.05, 4.69) is 10.3 Å². The van der Waals surface area contributed by atoms with Crippen LogP contribution in [0.4, 0.5) is 0 Å². The molecule has 0 saturated heterocycles. The fraction of sp³-hybridized carbons (Fsp3) is 0.130. The first-order valence-electron chi connectivity index (χ1n) is 9.51. The van der Waals surface area contributed by atoms with E-state index in [0.29, 0.717) is 39.8 Å². The van der Waals surface area contributed by atoms with E-state index in [1.165, 1.54) is 0 Å². The summed E-state index contributed by atoms with van der Waals surface area (Å²) in [7, 11) is 1.58. The fourth-order valence-electron chi connectivity index (χ4n) is 3.55. The molecule has 2 amide bonds. The van der Waals surface area contributed by atoms with Crippen LogP contribution in [-0.4, -0.2) is 37.1 Å². The van der Waals surface area contributed by atoms with Crippen molar-refractivity contribution < 1.29 is 14.3 Å². The van der Waals surface area contributed by atoms with E-state index in [1.807, 2.05) is 18.2 Å². The first kappa shape index (κ1) is 21.2. The van der Waals surface area contributed by atoms with Crippen molar-refractivity contribution in [2.75, 3.05) is 20.3 Å². The number of aromatic amines is 1. The van der Waals surface area contributed by atoms with Crippen molar-refractivity contribution in [1.82, 2.24) is 10.3 Å². The van der Waals surface area contributed by atoms with Crippen molar-refractivity contribution in [3.8, 4) is 11.1 Å². The predicted molar refractivity (Wildman–Crippen MR) is 124 cm³/mol. The van der Waals surface area contributed by atoms with Gasteiger partial charge in [-0.25, -0.2) is 0 Å². The Kier molecular flexibility index (Phi) is 5.87. The molecule has 0 bridgehead atoms. The largest absolute Gasteiger partial charge is 0.383 e. The Morgan fingerprint density at radius 2 is 1.81 bits per heavy atom. The lowest BCUT2D eigenvalue weighted by Crippen LogP contribution is -2.26. The maximum absolute atomic E-state index is 12.5. The summed E-state index contributed by atoms with van der Waals surface area (Å²) in [6.07, 6.45) is 0. The molecule has 0 aliphatic rings. The van der Waals surface area contributed by atoms with Crippen molar-refractivity contribution in [3.05, 3.63) is 69.7 Å². The van der Waals surface area contributed by atoms with Crippen LogP contribution in [0.5, 0.6) is 0 Å². The molecule has 0 aliphatic carbocycles. The molecule has 0 saturated carbocycles. The van der Waals surface area contributed by atoms with Crippen LogP contribution >= 0.6 is 23.2 Å². The second-order valence-electron chi connectivity index (χ2n) is 7.07. The van der Waals surface area contributed by atoms with Crippen LogP contribution in [-0.2, 0) is 4.74 Å². The lowest BCUT2D eigenvalue weighted by atomic mass is 9.98. The number of hydrogen-bond donors (Lipinski definition) is 3. The molecule has 0 unspecified atom stereocenters. The van der Waals surface area contributed by atoms with E-state index in [0.717, 1.165) is 27.4 Å². The summed E-state index contributed by atoms with van der Waals surface area (Å²) in [4.78, 5) is 27.9. The highest BCUT2D eigenvalue weighted by molar-refractivity contribution is 6.42. The number of benzene rings is 3. The molecule has 158 valence electrons. The van der Waals surface area contributed by atoms with Crippen LogP contribution in [0.25, 0.3) is 32.9 Å². The first-order valence-corrected chi connectivity index (χ1v) is 10.3. The molecule has 8 heteroatoms. The maximum Gasteiger partial charge on any atom is 0.251 e. The van der Waals surface area contributed by atoms with Crippen molar-refractivity contribution >= 4 is 56.8 Å². The van der Waals surface area contributed by atoms with E-state index in [9.17, 15) is 9.59 Å². The number of primary amides is 1. The average Bonchev–Trinajstić information content (AvgIpc) is 3.12. The number of fused-ring (bicyclic) bond motifs is 3. The lowest BCUT2D eigenvalue weighted by molar-refractivity contribution is 0.0936. The summed E-state index contributed by atoms with van der Waals surface area (Å²) >= 11 is 12.2. The third kappa shape index (κ3) is 4.10. The maximum atomic E-state index is 12.5. The number of carbonyl (C=O) groups excluding carboxylic acids is 2. The molecule has 1 aromatic heterocycles. The summed E-state index contributed by atoms with van der Waals surface area (Å²) in [5, 5.41) is 5.24. The molecule has 6 nitrogen and oxygen atoms in total.